The largest absolute Gasteiger partial charge is 0.383 e. The number of aryl methyl sites for hydroxylation is 1. The van der Waals surface area contributed by atoms with Crippen molar-refractivity contribution in [3.8, 4) is 0 Å². The van der Waals surface area contributed by atoms with Gasteiger partial charge < -0.3 is 15.7 Å². The van der Waals surface area contributed by atoms with E-state index in [4.69, 9.17) is 11.6 Å². The highest BCUT2D eigenvalue weighted by Gasteiger charge is 2.26. The maximum absolute atomic E-state index is 11.9. The summed E-state index contributed by atoms with van der Waals surface area (Å²) in [6.07, 6.45) is 0. The Morgan fingerprint density at radius 2 is 2.04 bits per heavy atom. The molecule has 2 amide bonds. The van der Waals surface area contributed by atoms with Crippen LogP contribution in [0.2, 0.25) is 5.02 Å². The Kier molecular flexibility index (Phi) is 5.41. The monoisotopic (exact) mass is 352 g/mol. The molecule has 0 aliphatic heterocycles. The van der Waals surface area contributed by atoms with Crippen LogP contribution >= 0.6 is 22.9 Å². The molecule has 122 valence electrons. The first kappa shape index (κ1) is 17.5. The number of anilines is 1. The Morgan fingerprint density at radius 1 is 1.30 bits per heavy atom. The van der Waals surface area contributed by atoms with Gasteiger partial charge in [0.15, 0.2) is 0 Å². The predicted molar refractivity (Wildman–Crippen MR) is 91.7 cm³/mol. The number of hydrogen-bond acceptors (Lipinski definition) is 4. The molecule has 1 aromatic carbocycles. The number of nitrogens with one attached hydrogen (secondary N) is 2. The summed E-state index contributed by atoms with van der Waals surface area (Å²) >= 11 is 7.25. The lowest BCUT2D eigenvalue weighted by Crippen LogP contribution is -2.43. The molecular formula is C16H17ClN2O3S. The number of carbonyl (C=O) groups is 2. The second-order valence-corrected chi connectivity index (χ2v) is 6.73. The molecule has 0 aliphatic carbocycles. The quantitative estimate of drug-likeness (QED) is 0.740. The van der Waals surface area contributed by atoms with Crippen LogP contribution in [-0.2, 0) is 15.2 Å². The highest BCUT2D eigenvalue weighted by Crippen LogP contribution is 2.24. The third-order valence-electron chi connectivity index (χ3n) is 3.30. The van der Waals surface area contributed by atoms with Crippen LogP contribution in [0, 0.1) is 6.92 Å². The summed E-state index contributed by atoms with van der Waals surface area (Å²) in [5.41, 5.74) is 0.0413. The average molecular weight is 353 g/mol. The lowest BCUT2D eigenvalue weighted by molar-refractivity contribution is -0.136. The molecule has 1 atom stereocenters. The van der Waals surface area contributed by atoms with E-state index >= 15 is 0 Å². The van der Waals surface area contributed by atoms with Gasteiger partial charge >= 0.3 is 11.8 Å². The minimum absolute atomic E-state index is 0.0612. The second-order valence-electron chi connectivity index (χ2n) is 5.35. The first-order valence-corrected chi connectivity index (χ1v) is 8.17. The van der Waals surface area contributed by atoms with Crippen molar-refractivity contribution in [2.75, 3.05) is 11.9 Å². The van der Waals surface area contributed by atoms with Crippen LogP contribution in [0.4, 0.5) is 5.69 Å². The topological polar surface area (TPSA) is 78.4 Å². The van der Waals surface area contributed by atoms with Gasteiger partial charge in [0.25, 0.3) is 0 Å². The summed E-state index contributed by atoms with van der Waals surface area (Å²) < 4.78 is 0. The van der Waals surface area contributed by atoms with Gasteiger partial charge in [-0.15, -0.1) is 11.3 Å². The Morgan fingerprint density at radius 3 is 2.70 bits per heavy atom. The van der Waals surface area contributed by atoms with Gasteiger partial charge in [-0.25, -0.2) is 0 Å². The summed E-state index contributed by atoms with van der Waals surface area (Å²) in [4.78, 5) is 24.5. The van der Waals surface area contributed by atoms with Crippen LogP contribution in [0.15, 0.2) is 35.7 Å². The summed E-state index contributed by atoms with van der Waals surface area (Å²) in [5, 5.41) is 17.6. The predicted octanol–water partition coefficient (Wildman–Crippen LogP) is 2.67. The minimum atomic E-state index is -1.23. The lowest BCUT2D eigenvalue weighted by Gasteiger charge is -2.22. The number of hydrogen-bond donors (Lipinski definition) is 3. The fourth-order valence-corrected chi connectivity index (χ4v) is 2.87. The van der Waals surface area contributed by atoms with E-state index in [9.17, 15) is 14.7 Å². The van der Waals surface area contributed by atoms with Crippen LogP contribution in [0.5, 0.6) is 0 Å². The molecule has 2 rings (SSSR count). The third-order valence-corrected chi connectivity index (χ3v) is 4.66. The van der Waals surface area contributed by atoms with E-state index in [1.54, 1.807) is 38.1 Å². The van der Waals surface area contributed by atoms with E-state index in [1.807, 2.05) is 11.4 Å². The van der Waals surface area contributed by atoms with E-state index < -0.39 is 17.4 Å². The molecule has 1 unspecified atom stereocenters. The van der Waals surface area contributed by atoms with Crippen molar-refractivity contribution in [1.29, 1.82) is 0 Å². The smallest absolute Gasteiger partial charge is 0.313 e. The Balaban J connectivity index is 1.95. The lowest BCUT2D eigenvalue weighted by atomic mass is 10.1. The van der Waals surface area contributed by atoms with Crippen molar-refractivity contribution < 1.29 is 14.7 Å². The summed E-state index contributed by atoms with van der Waals surface area (Å²) in [6.45, 7) is 3.32. The number of aliphatic hydroxyl groups is 1. The van der Waals surface area contributed by atoms with Gasteiger partial charge in [-0.05, 0) is 43.0 Å². The Bertz CT molecular complexity index is 714. The van der Waals surface area contributed by atoms with Crippen LogP contribution in [0.3, 0.4) is 0 Å². The first-order chi connectivity index (χ1) is 10.8. The first-order valence-electron chi connectivity index (χ1n) is 6.91. The molecule has 23 heavy (non-hydrogen) atoms. The molecule has 5 nitrogen and oxygen atoms in total. The van der Waals surface area contributed by atoms with Crippen molar-refractivity contribution >= 4 is 40.4 Å². The highest BCUT2D eigenvalue weighted by molar-refractivity contribution is 7.10. The molecule has 1 heterocycles. The average Bonchev–Trinajstić information content (AvgIpc) is 3.03. The van der Waals surface area contributed by atoms with Crippen LogP contribution in [0.25, 0.3) is 0 Å². The summed E-state index contributed by atoms with van der Waals surface area (Å²) in [5.74, 6) is -1.63. The molecule has 2 aromatic rings. The van der Waals surface area contributed by atoms with Gasteiger partial charge in [0.2, 0.25) is 0 Å². The fourth-order valence-electron chi connectivity index (χ4n) is 1.91. The zero-order valence-corrected chi connectivity index (χ0v) is 14.3. The van der Waals surface area contributed by atoms with Crippen molar-refractivity contribution in [1.82, 2.24) is 5.32 Å². The van der Waals surface area contributed by atoms with Gasteiger partial charge in [-0.3, -0.25) is 9.59 Å². The summed E-state index contributed by atoms with van der Waals surface area (Å²) in [6, 6.07) is 8.60. The van der Waals surface area contributed by atoms with Crippen molar-refractivity contribution in [2.24, 2.45) is 0 Å². The molecule has 0 saturated heterocycles. The molecule has 0 fully saturated rings. The van der Waals surface area contributed by atoms with Gasteiger partial charge in [0.1, 0.15) is 5.60 Å². The number of amides is 2. The van der Waals surface area contributed by atoms with Gasteiger partial charge in [0.05, 0.1) is 6.54 Å². The zero-order valence-electron chi connectivity index (χ0n) is 12.7. The standard InChI is InChI=1S/C16H17ClN2O3S/c1-10-5-6-11(17)8-12(10)19-15(21)14(20)18-9-16(2,22)13-4-3-7-23-13/h3-8,22H,9H2,1-2H3,(H,18,20)(H,19,21). The summed E-state index contributed by atoms with van der Waals surface area (Å²) in [7, 11) is 0. The maximum atomic E-state index is 11.9. The van der Waals surface area contributed by atoms with Crippen LogP contribution < -0.4 is 10.6 Å². The molecule has 0 bridgehead atoms. The van der Waals surface area contributed by atoms with E-state index in [1.165, 1.54) is 11.3 Å². The van der Waals surface area contributed by atoms with E-state index in [2.05, 4.69) is 10.6 Å². The normalized spacial score (nSPS) is 13.2. The molecule has 7 heteroatoms. The molecule has 0 saturated carbocycles. The molecule has 0 spiro atoms. The van der Waals surface area contributed by atoms with Crippen LogP contribution in [-0.4, -0.2) is 23.5 Å². The third kappa shape index (κ3) is 4.54. The SMILES string of the molecule is Cc1ccc(Cl)cc1NC(=O)C(=O)NCC(C)(O)c1cccs1. The Labute approximate surface area is 143 Å². The molecular weight excluding hydrogens is 336 g/mol. The van der Waals surface area contributed by atoms with Gasteiger partial charge in [0, 0.05) is 15.6 Å². The number of carbonyl (C=O) groups excluding carboxylic acids is 2. The zero-order chi connectivity index (χ0) is 17.0. The van der Waals surface area contributed by atoms with Crippen LogP contribution in [0.1, 0.15) is 17.4 Å². The highest BCUT2D eigenvalue weighted by atomic mass is 35.5. The fraction of sp³-hybridized carbons (Fsp3) is 0.250. The molecule has 1 aromatic heterocycles. The molecule has 0 radical (unpaired) electrons. The van der Waals surface area contributed by atoms with Gasteiger partial charge in [-0.1, -0.05) is 23.7 Å². The number of benzene rings is 1. The second kappa shape index (κ2) is 7.12. The van der Waals surface area contributed by atoms with Crippen molar-refractivity contribution in [2.45, 2.75) is 19.4 Å². The van der Waals surface area contributed by atoms with E-state index in [0.717, 1.165) is 5.56 Å². The number of thiophene rings is 1. The molecule has 3 N–H and O–H groups in total. The Hall–Kier alpha value is -1.89. The maximum Gasteiger partial charge on any atom is 0.313 e. The number of rotatable bonds is 4. The van der Waals surface area contributed by atoms with Crippen molar-refractivity contribution in [3.63, 3.8) is 0 Å². The molecule has 0 aliphatic rings. The van der Waals surface area contributed by atoms with E-state index in [0.29, 0.717) is 15.6 Å². The van der Waals surface area contributed by atoms with Crippen molar-refractivity contribution in [3.05, 3.63) is 51.2 Å². The van der Waals surface area contributed by atoms with Gasteiger partial charge in [-0.2, -0.15) is 0 Å². The number of halogens is 1. The minimum Gasteiger partial charge on any atom is -0.383 e. The van der Waals surface area contributed by atoms with E-state index in [-0.39, 0.29) is 6.54 Å².